The van der Waals surface area contributed by atoms with Gasteiger partial charge in [-0.15, -0.1) is 24.8 Å². The Bertz CT molecular complexity index is 1090. The Balaban J connectivity index is 0.00000160. The van der Waals surface area contributed by atoms with Crippen molar-refractivity contribution < 1.29 is 23.0 Å². The van der Waals surface area contributed by atoms with Crippen LogP contribution < -0.4 is 0 Å². The van der Waals surface area contributed by atoms with E-state index in [0.29, 0.717) is 0 Å². The first kappa shape index (κ1) is 25.6. The summed E-state index contributed by atoms with van der Waals surface area (Å²) in [6.07, 6.45) is 7.42. The number of halogens is 2. The second kappa shape index (κ2) is 7.76. The van der Waals surface area contributed by atoms with Gasteiger partial charge in [0.15, 0.2) is 0 Å². The van der Waals surface area contributed by atoms with Crippen LogP contribution in [0.3, 0.4) is 0 Å². The van der Waals surface area contributed by atoms with Gasteiger partial charge >= 0.3 is 169 Å². The van der Waals surface area contributed by atoms with Crippen LogP contribution in [-0.2, 0) is 23.0 Å². The molecule has 2 aliphatic carbocycles. The number of rotatable bonds is 5. The van der Waals surface area contributed by atoms with Gasteiger partial charge in [-0.1, -0.05) is 0 Å². The summed E-state index contributed by atoms with van der Waals surface area (Å²) in [5.41, 5.74) is 5.17. The van der Waals surface area contributed by atoms with E-state index in [2.05, 4.69) is 91.0 Å². The zero-order chi connectivity index (χ0) is 20.3. The van der Waals surface area contributed by atoms with E-state index in [1.807, 2.05) is 7.11 Å². The van der Waals surface area contributed by atoms with Gasteiger partial charge in [0.05, 0.1) is 0 Å². The van der Waals surface area contributed by atoms with Crippen LogP contribution in [0.2, 0.25) is 24.3 Å². The molecular weight excluding hydrogens is 510 g/mol. The van der Waals surface area contributed by atoms with Crippen LogP contribution in [0.25, 0.3) is 11.1 Å². The van der Waals surface area contributed by atoms with Crippen LogP contribution in [0, 0.1) is 0 Å². The Hall–Kier alpha value is -0.610. The SMILES string of the molecule is Cl.Cl.[CH2]=[Zr]([CH3])([O]C)([O][Si](C)(C)C)([C]1=CC=CC1)[CH]1c2ccccc2-c2ccccc21. The van der Waals surface area contributed by atoms with Crippen molar-refractivity contribution in [3.8, 4) is 11.1 Å². The zero-order valence-electron chi connectivity index (χ0n) is 18.5. The molecule has 2 aliphatic rings. The Kier molecular flexibility index (Phi) is 6.63. The molecule has 0 aliphatic heterocycles. The van der Waals surface area contributed by atoms with Gasteiger partial charge < -0.3 is 0 Å². The molecule has 6 heteroatoms. The van der Waals surface area contributed by atoms with Gasteiger partial charge in [-0.3, -0.25) is 0 Å². The van der Waals surface area contributed by atoms with E-state index in [9.17, 15) is 0 Å². The predicted octanol–water partition coefficient (Wildman–Crippen LogP) is 7.48. The molecule has 0 saturated heterocycles. The van der Waals surface area contributed by atoms with Gasteiger partial charge in [-0.25, -0.2) is 0 Å². The maximum absolute atomic E-state index is 7.33. The fraction of sp³-hybridized carbons (Fsp3) is 0.292. The third kappa shape index (κ3) is 3.54. The molecule has 163 valence electrons. The average Bonchev–Trinajstić information content (AvgIpc) is 3.28. The third-order valence-electron chi connectivity index (χ3n) is 6.76. The monoisotopic (exact) mass is 541 g/mol. The molecule has 0 atom stereocenters. The summed E-state index contributed by atoms with van der Waals surface area (Å²) in [4.78, 5) is 0. The fourth-order valence-corrected chi connectivity index (χ4v) is 36.2. The maximum atomic E-state index is 7.33. The van der Waals surface area contributed by atoms with E-state index >= 15 is 0 Å². The number of fused-ring (bicyclic) bond motifs is 3. The summed E-state index contributed by atoms with van der Waals surface area (Å²) in [7, 11) is -0.161. The molecule has 0 unspecified atom stereocenters. The molecule has 0 amide bonds. The first-order valence-electron chi connectivity index (χ1n) is 10.1. The van der Waals surface area contributed by atoms with Gasteiger partial charge in [0.25, 0.3) is 0 Å². The Morgan fingerprint density at radius 3 is 1.83 bits per heavy atom. The number of benzene rings is 2. The zero-order valence-corrected chi connectivity index (χ0v) is 23.6. The second-order valence-corrected chi connectivity index (χ2v) is 32.9. The quantitative estimate of drug-likeness (QED) is 0.364. The molecule has 0 heterocycles. The second-order valence-electron chi connectivity index (χ2n) is 9.99. The van der Waals surface area contributed by atoms with Crippen molar-refractivity contribution in [3.05, 3.63) is 81.2 Å². The molecule has 0 saturated carbocycles. The third-order valence-corrected chi connectivity index (χ3v) is 32.2. The van der Waals surface area contributed by atoms with Crippen LogP contribution >= 0.6 is 24.8 Å². The van der Waals surface area contributed by atoms with E-state index in [0.717, 1.165) is 6.42 Å². The van der Waals surface area contributed by atoms with Crippen molar-refractivity contribution in [1.82, 2.24) is 0 Å². The van der Waals surface area contributed by atoms with Crippen molar-refractivity contribution in [3.63, 3.8) is 0 Å². The van der Waals surface area contributed by atoms with Crippen LogP contribution in [-0.4, -0.2) is 19.6 Å². The molecule has 0 spiro atoms. The minimum atomic E-state index is -5.24. The van der Waals surface area contributed by atoms with E-state index in [-0.39, 0.29) is 28.4 Å². The first-order valence-corrected chi connectivity index (χ1v) is 22.4. The summed E-state index contributed by atoms with van der Waals surface area (Å²) in [6, 6.07) is 17.4. The summed E-state index contributed by atoms with van der Waals surface area (Å²) in [6.45, 7) is 6.76. The Morgan fingerprint density at radius 2 is 1.43 bits per heavy atom. The van der Waals surface area contributed by atoms with Crippen molar-refractivity contribution in [2.75, 3.05) is 7.11 Å². The van der Waals surface area contributed by atoms with Crippen molar-refractivity contribution in [2.45, 2.75) is 34.3 Å². The summed E-state index contributed by atoms with van der Waals surface area (Å²) in [5, 5.41) is 0. The van der Waals surface area contributed by atoms with Crippen molar-refractivity contribution >= 4 is 37.3 Å². The molecule has 2 nitrogen and oxygen atoms in total. The summed E-state index contributed by atoms with van der Waals surface area (Å²) >= 11 is -5.24. The Labute approximate surface area is 192 Å². The molecule has 0 N–H and O–H groups in total. The van der Waals surface area contributed by atoms with Crippen molar-refractivity contribution in [1.29, 1.82) is 0 Å². The topological polar surface area (TPSA) is 18.5 Å². The van der Waals surface area contributed by atoms with Crippen LogP contribution in [0.5, 0.6) is 0 Å². The van der Waals surface area contributed by atoms with Gasteiger partial charge in [0.1, 0.15) is 0 Å². The van der Waals surface area contributed by atoms with Gasteiger partial charge in [0.2, 0.25) is 0 Å². The van der Waals surface area contributed by atoms with Gasteiger partial charge in [0, 0.05) is 0 Å². The van der Waals surface area contributed by atoms with E-state index in [4.69, 9.17) is 9.53 Å². The van der Waals surface area contributed by atoms with Gasteiger partial charge in [-0.2, -0.15) is 0 Å². The Morgan fingerprint density at radius 1 is 0.933 bits per heavy atom. The minimum absolute atomic E-state index is 0. The molecule has 0 radical (unpaired) electrons. The number of hydrogen-bond acceptors (Lipinski definition) is 2. The molecule has 0 fully saturated rings. The summed E-state index contributed by atoms with van der Waals surface area (Å²) < 4.78 is 22.8. The summed E-state index contributed by atoms with van der Waals surface area (Å²) in [5.74, 6) is 0. The predicted molar refractivity (Wildman–Crippen MR) is 134 cm³/mol. The first-order chi connectivity index (χ1) is 13.0. The fourth-order valence-electron chi connectivity index (χ4n) is 5.70. The van der Waals surface area contributed by atoms with E-state index in [1.165, 1.54) is 25.5 Å². The van der Waals surface area contributed by atoms with E-state index < -0.39 is 26.0 Å². The van der Waals surface area contributed by atoms with Crippen LogP contribution in [0.1, 0.15) is 21.2 Å². The van der Waals surface area contributed by atoms with E-state index in [1.54, 1.807) is 0 Å². The molecule has 4 rings (SSSR count). The van der Waals surface area contributed by atoms with Crippen molar-refractivity contribution in [2.24, 2.45) is 0 Å². The molecule has 30 heavy (non-hydrogen) atoms. The van der Waals surface area contributed by atoms with Crippen LogP contribution in [0.15, 0.2) is 70.0 Å². The molecule has 0 aromatic heterocycles. The standard InChI is InChI=1S/C13H9.C5H5.C3H9OSi.CH3O.CH3.CH2.2ClH.Zr/c1-3-7-12-10(5-1)9-11-6-2-4-8-13(11)12;1-2-4-5-3-1;1-5(2,3)4;1-2;;;;;/h1-9H;1-3H,4H2;1-3H3;1H3;1H3;1H2;2*1H;/q;;2*-1;;;;;+2. The normalized spacial score (nSPS) is 17.7. The molecule has 2 aromatic carbocycles. The molecular formula is C24H33Cl2O2SiZr. The van der Waals surface area contributed by atoms with Crippen LogP contribution in [0.4, 0.5) is 0 Å². The molecule has 2 aromatic rings. The molecule has 0 bridgehead atoms. The van der Waals surface area contributed by atoms with Gasteiger partial charge in [-0.05, 0) is 0 Å². The number of allylic oxidation sites excluding steroid dienone is 4. The average molecular weight is 544 g/mol. The number of hydrogen-bond donors (Lipinski definition) is 0.